The second-order valence-electron chi connectivity index (χ2n) is 7.42. The molecule has 0 spiro atoms. The summed E-state index contributed by atoms with van der Waals surface area (Å²) in [5.41, 5.74) is 3.54. The highest BCUT2D eigenvalue weighted by molar-refractivity contribution is 6.34. The summed E-state index contributed by atoms with van der Waals surface area (Å²) in [4.78, 5) is 30.3. The Hall–Kier alpha value is -2.66. The third-order valence-corrected chi connectivity index (χ3v) is 5.55. The number of fused-ring (bicyclic) bond motifs is 2. The molecule has 1 amide bonds. The number of halogens is 1. The number of carbonyl (C=O) groups is 1. The lowest BCUT2D eigenvalue weighted by Crippen LogP contribution is -2.24. The zero-order chi connectivity index (χ0) is 19.8. The minimum absolute atomic E-state index is 0.0220. The summed E-state index contributed by atoms with van der Waals surface area (Å²) in [5.74, 6) is 0.539. The maximum Gasteiger partial charge on any atom is 0.261 e. The van der Waals surface area contributed by atoms with Gasteiger partial charge in [0.15, 0.2) is 0 Å². The highest BCUT2D eigenvalue weighted by Gasteiger charge is 2.16. The lowest BCUT2D eigenvalue weighted by atomic mass is 10.1. The number of anilines is 1. The second kappa shape index (κ2) is 7.40. The number of carbonyl (C=O) groups excluding carboxylic acids is 1. The van der Waals surface area contributed by atoms with E-state index in [9.17, 15) is 9.59 Å². The Morgan fingerprint density at radius 3 is 2.75 bits per heavy atom. The van der Waals surface area contributed by atoms with Crippen molar-refractivity contribution in [3.8, 4) is 0 Å². The molecule has 0 aliphatic carbocycles. The first-order chi connectivity index (χ1) is 13.4. The fraction of sp³-hybridized carbons (Fsp3) is 0.318. The van der Waals surface area contributed by atoms with Crippen molar-refractivity contribution >= 4 is 34.1 Å². The van der Waals surface area contributed by atoms with Crippen molar-refractivity contribution in [1.29, 1.82) is 0 Å². The average molecular weight is 396 g/mol. The normalized spacial score (nSPS) is 13.8. The summed E-state index contributed by atoms with van der Waals surface area (Å²) in [5, 5.41) is 3.95. The van der Waals surface area contributed by atoms with E-state index < -0.39 is 0 Å². The van der Waals surface area contributed by atoms with Crippen LogP contribution >= 0.6 is 11.6 Å². The van der Waals surface area contributed by atoms with E-state index in [4.69, 9.17) is 16.6 Å². The number of aromatic nitrogens is 2. The van der Waals surface area contributed by atoms with Crippen LogP contribution in [0.3, 0.4) is 0 Å². The molecule has 0 radical (unpaired) electrons. The predicted octanol–water partition coefficient (Wildman–Crippen LogP) is 4.65. The van der Waals surface area contributed by atoms with Gasteiger partial charge in [0.05, 0.1) is 21.6 Å². The highest BCUT2D eigenvalue weighted by atomic mass is 35.5. The van der Waals surface area contributed by atoms with E-state index in [0.717, 1.165) is 42.6 Å². The van der Waals surface area contributed by atoms with Gasteiger partial charge >= 0.3 is 0 Å². The average Bonchev–Trinajstić information content (AvgIpc) is 2.90. The molecule has 0 atom stereocenters. The van der Waals surface area contributed by atoms with Crippen LogP contribution in [0.5, 0.6) is 0 Å². The fourth-order valence-electron chi connectivity index (χ4n) is 3.82. The van der Waals surface area contributed by atoms with Gasteiger partial charge in [0.1, 0.15) is 5.82 Å². The Morgan fingerprint density at radius 2 is 1.96 bits per heavy atom. The molecular weight excluding hydrogens is 374 g/mol. The molecule has 0 fully saturated rings. The van der Waals surface area contributed by atoms with Crippen molar-refractivity contribution in [3.63, 3.8) is 0 Å². The maximum atomic E-state index is 12.8. The van der Waals surface area contributed by atoms with Crippen LogP contribution in [-0.2, 0) is 13.0 Å². The molecule has 1 N–H and O–H groups in total. The van der Waals surface area contributed by atoms with Crippen LogP contribution in [0.15, 0.2) is 35.1 Å². The van der Waals surface area contributed by atoms with Gasteiger partial charge in [-0.2, -0.15) is 0 Å². The minimum atomic E-state index is -0.271. The Balaban J connectivity index is 1.72. The van der Waals surface area contributed by atoms with Crippen LogP contribution in [0.1, 0.15) is 46.6 Å². The van der Waals surface area contributed by atoms with Crippen LogP contribution in [0.2, 0.25) is 5.02 Å². The molecule has 1 aliphatic heterocycles. The third-order valence-electron chi connectivity index (χ3n) is 5.25. The van der Waals surface area contributed by atoms with Crippen LogP contribution in [-0.4, -0.2) is 15.5 Å². The van der Waals surface area contributed by atoms with Crippen molar-refractivity contribution in [3.05, 3.63) is 68.2 Å². The molecule has 28 heavy (non-hydrogen) atoms. The third kappa shape index (κ3) is 3.42. The molecule has 0 bridgehead atoms. The number of hydrogen-bond acceptors (Lipinski definition) is 3. The molecule has 2 aromatic carbocycles. The van der Waals surface area contributed by atoms with Crippen LogP contribution in [0.25, 0.3) is 10.9 Å². The molecule has 144 valence electrons. The number of aryl methyl sites for hydroxylation is 3. The van der Waals surface area contributed by atoms with Gasteiger partial charge in [-0.05, 0) is 62.1 Å². The molecule has 5 nitrogen and oxygen atoms in total. The molecule has 4 rings (SSSR count). The zero-order valence-electron chi connectivity index (χ0n) is 16.0. The number of rotatable bonds is 2. The summed E-state index contributed by atoms with van der Waals surface area (Å²) in [6, 6.07) is 8.85. The van der Waals surface area contributed by atoms with Gasteiger partial charge < -0.3 is 5.32 Å². The first kappa shape index (κ1) is 18.7. The maximum absolute atomic E-state index is 12.8. The molecule has 1 aromatic heterocycles. The number of benzene rings is 2. The summed E-state index contributed by atoms with van der Waals surface area (Å²) in [6.07, 6.45) is 3.92. The molecule has 6 heteroatoms. The highest BCUT2D eigenvalue weighted by Crippen LogP contribution is 2.28. The Labute approximate surface area is 168 Å². The van der Waals surface area contributed by atoms with Gasteiger partial charge in [0, 0.05) is 18.5 Å². The zero-order valence-corrected chi connectivity index (χ0v) is 16.8. The summed E-state index contributed by atoms with van der Waals surface area (Å²) >= 11 is 6.31. The van der Waals surface area contributed by atoms with Crippen molar-refractivity contribution in [1.82, 2.24) is 9.55 Å². The topological polar surface area (TPSA) is 64.0 Å². The fourth-order valence-corrected chi connectivity index (χ4v) is 4.19. The smallest absolute Gasteiger partial charge is 0.261 e. The van der Waals surface area contributed by atoms with Gasteiger partial charge in [0.2, 0.25) is 0 Å². The quantitative estimate of drug-likeness (QED) is 0.687. The van der Waals surface area contributed by atoms with Crippen molar-refractivity contribution in [2.75, 3.05) is 5.32 Å². The van der Waals surface area contributed by atoms with Crippen LogP contribution in [0.4, 0.5) is 5.69 Å². The summed E-state index contributed by atoms with van der Waals surface area (Å²) in [6.45, 7) is 4.58. The van der Waals surface area contributed by atoms with Gasteiger partial charge in [-0.3, -0.25) is 14.2 Å². The molecule has 3 aromatic rings. The number of amides is 1. The van der Waals surface area contributed by atoms with Gasteiger partial charge in [-0.15, -0.1) is 0 Å². The van der Waals surface area contributed by atoms with Crippen LogP contribution < -0.4 is 10.9 Å². The Kier molecular flexibility index (Phi) is 4.94. The van der Waals surface area contributed by atoms with E-state index in [1.54, 1.807) is 22.8 Å². The SMILES string of the molecule is Cc1cc(C)c(NC(=O)c2ccc3c(=O)n4c(nc3c2)CCCCC4)c(Cl)c1. The predicted molar refractivity (Wildman–Crippen MR) is 112 cm³/mol. The van der Waals surface area contributed by atoms with Crippen molar-refractivity contribution < 1.29 is 4.79 Å². The van der Waals surface area contributed by atoms with Crippen molar-refractivity contribution in [2.45, 2.75) is 46.1 Å². The van der Waals surface area contributed by atoms with E-state index >= 15 is 0 Å². The van der Waals surface area contributed by atoms with E-state index in [1.165, 1.54) is 0 Å². The van der Waals surface area contributed by atoms with Gasteiger partial charge in [0.25, 0.3) is 11.5 Å². The second-order valence-corrected chi connectivity index (χ2v) is 7.83. The molecule has 0 saturated heterocycles. The van der Waals surface area contributed by atoms with E-state index in [-0.39, 0.29) is 11.5 Å². The first-order valence-corrected chi connectivity index (χ1v) is 9.93. The Bertz CT molecular complexity index is 1130. The molecule has 2 heterocycles. The minimum Gasteiger partial charge on any atom is -0.320 e. The lowest BCUT2D eigenvalue weighted by molar-refractivity contribution is 0.102. The first-order valence-electron chi connectivity index (χ1n) is 9.55. The summed E-state index contributed by atoms with van der Waals surface area (Å²) < 4.78 is 1.78. The van der Waals surface area contributed by atoms with E-state index in [2.05, 4.69) is 5.32 Å². The van der Waals surface area contributed by atoms with Gasteiger partial charge in [-0.1, -0.05) is 24.1 Å². The van der Waals surface area contributed by atoms with Gasteiger partial charge in [-0.25, -0.2) is 4.98 Å². The number of nitrogens with zero attached hydrogens (tertiary/aromatic N) is 2. The molecular formula is C22H22ClN3O2. The monoisotopic (exact) mass is 395 g/mol. The van der Waals surface area contributed by atoms with Crippen LogP contribution in [0, 0.1) is 13.8 Å². The molecule has 0 saturated carbocycles. The largest absolute Gasteiger partial charge is 0.320 e. The Morgan fingerprint density at radius 1 is 1.14 bits per heavy atom. The standard InChI is InChI=1S/C22H22ClN3O2/c1-13-10-14(2)20(17(23)11-13)25-21(27)15-7-8-16-18(12-15)24-19-6-4-3-5-9-26(19)22(16)28/h7-8,10-12H,3-6,9H2,1-2H3,(H,25,27). The van der Waals surface area contributed by atoms with Crippen molar-refractivity contribution in [2.24, 2.45) is 0 Å². The summed E-state index contributed by atoms with van der Waals surface area (Å²) in [7, 11) is 0. The lowest BCUT2D eigenvalue weighted by Gasteiger charge is -2.13. The molecule has 1 aliphatic rings. The van der Waals surface area contributed by atoms with E-state index in [0.29, 0.717) is 33.7 Å². The number of nitrogens with one attached hydrogen (secondary N) is 1. The number of hydrogen-bond donors (Lipinski definition) is 1. The van der Waals surface area contributed by atoms with E-state index in [1.807, 2.05) is 26.0 Å². The molecule has 0 unspecified atom stereocenters.